The third-order valence-corrected chi connectivity index (χ3v) is 4.12. The molecule has 0 amide bonds. The molecule has 0 bridgehead atoms. The molecule has 2 rings (SSSR count). The molecule has 0 unspecified atom stereocenters. The highest BCUT2D eigenvalue weighted by Crippen LogP contribution is 2.41. The maximum Gasteiger partial charge on any atom is 0.416 e. The molecule has 11 heteroatoms. The van der Waals surface area contributed by atoms with Gasteiger partial charge < -0.3 is 10.0 Å². The van der Waals surface area contributed by atoms with E-state index in [9.17, 15) is 23.5 Å². The third kappa shape index (κ3) is 4.41. The Kier molecular flexibility index (Phi) is 5.99. The molecular weight excluding hydrogens is 418 g/mol. The topological polar surface area (TPSA) is 77.4 Å². The molecule has 0 radical (unpaired) electrons. The van der Waals surface area contributed by atoms with Gasteiger partial charge in [-0.3, -0.25) is 0 Å². The molecule has 0 fully saturated rings. The number of aliphatic hydroxyl groups is 1. The predicted molar refractivity (Wildman–Crippen MR) is 100 cm³/mol. The summed E-state index contributed by atoms with van der Waals surface area (Å²) in [5.74, 6) is 0.0151. The summed E-state index contributed by atoms with van der Waals surface area (Å²) in [5.41, 5.74) is -2.72. The number of aliphatic imine (C=N–C) groups is 1. The van der Waals surface area contributed by atoms with Gasteiger partial charge in [0, 0.05) is 14.1 Å². The summed E-state index contributed by atoms with van der Waals surface area (Å²) in [6, 6.07) is 3.27. The van der Waals surface area contributed by atoms with Gasteiger partial charge in [0.1, 0.15) is 11.8 Å². The highest BCUT2D eigenvalue weighted by Gasteiger charge is 2.34. The maximum absolute atomic E-state index is 13.0. The van der Waals surface area contributed by atoms with Crippen LogP contribution in [0.25, 0.3) is 5.69 Å². The minimum Gasteiger partial charge on any atom is -0.385 e. The second-order valence-corrected chi connectivity index (χ2v) is 7.44. The molecule has 1 aromatic carbocycles. The number of rotatable bonds is 4. The SMILES string of the molecule is CN(C)C=Nc1c(C(C)(C)O)c(C#N)nn1-c1c(Cl)cc(C(F)(F)F)cc1Cl. The summed E-state index contributed by atoms with van der Waals surface area (Å²) >= 11 is 12.2. The molecule has 150 valence electrons. The summed E-state index contributed by atoms with van der Waals surface area (Å²) in [6.45, 7) is 2.86. The number of benzene rings is 1. The molecule has 1 aromatic heterocycles. The van der Waals surface area contributed by atoms with Gasteiger partial charge in [-0.15, -0.1) is 0 Å². The Bertz CT molecular complexity index is 946. The van der Waals surface area contributed by atoms with Crippen molar-refractivity contribution in [1.29, 1.82) is 5.26 Å². The summed E-state index contributed by atoms with van der Waals surface area (Å²) in [7, 11) is 3.38. The molecule has 0 saturated carbocycles. The van der Waals surface area contributed by atoms with Crippen LogP contribution < -0.4 is 0 Å². The molecule has 0 aliphatic heterocycles. The molecule has 1 N–H and O–H groups in total. The van der Waals surface area contributed by atoms with E-state index < -0.39 is 17.3 Å². The van der Waals surface area contributed by atoms with Crippen LogP contribution in [0.3, 0.4) is 0 Å². The minimum absolute atomic E-state index is 0.0151. The van der Waals surface area contributed by atoms with Gasteiger partial charge in [-0.1, -0.05) is 23.2 Å². The second kappa shape index (κ2) is 7.62. The Morgan fingerprint density at radius 1 is 1.25 bits per heavy atom. The Labute approximate surface area is 169 Å². The van der Waals surface area contributed by atoms with Crippen LogP contribution in [-0.2, 0) is 11.8 Å². The maximum atomic E-state index is 13.0. The summed E-state index contributed by atoms with van der Waals surface area (Å²) in [6.07, 6.45) is -3.26. The van der Waals surface area contributed by atoms with Gasteiger partial charge in [-0.2, -0.15) is 23.5 Å². The lowest BCUT2D eigenvalue weighted by Gasteiger charge is -2.18. The number of hydrogen-bond donors (Lipinski definition) is 1. The van der Waals surface area contributed by atoms with Crippen LogP contribution in [0.2, 0.25) is 10.0 Å². The lowest BCUT2D eigenvalue weighted by Crippen LogP contribution is -2.17. The number of alkyl halides is 3. The van der Waals surface area contributed by atoms with E-state index in [0.717, 1.165) is 4.68 Å². The number of hydrogen-bond acceptors (Lipinski definition) is 4. The van der Waals surface area contributed by atoms with Crippen LogP contribution in [0.15, 0.2) is 17.1 Å². The van der Waals surface area contributed by atoms with Crippen molar-refractivity contribution >= 4 is 35.4 Å². The Morgan fingerprint density at radius 3 is 2.18 bits per heavy atom. The van der Waals surface area contributed by atoms with Crippen molar-refractivity contribution in [2.45, 2.75) is 25.6 Å². The van der Waals surface area contributed by atoms with E-state index in [1.54, 1.807) is 19.0 Å². The highest BCUT2D eigenvalue weighted by atomic mass is 35.5. The van der Waals surface area contributed by atoms with Gasteiger partial charge in [-0.25, -0.2) is 9.67 Å². The first kappa shape index (κ1) is 22.0. The molecule has 2 aromatic rings. The zero-order valence-electron chi connectivity index (χ0n) is 15.3. The molecule has 0 aliphatic carbocycles. The molecule has 0 saturated heterocycles. The van der Waals surface area contributed by atoms with E-state index in [-0.39, 0.29) is 32.8 Å². The van der Waals surface area contributed by atoms with E-state index in [4.69, 9.17) is 23.2 Å². The molecule has 0 spiro atoms. The predicted octanol–water partition coefficient (Wildman–Crippen LogP) is 4.52. The van der Waals surface area contributed by atoms with E-state index in [2.05, 4.69) is 10.1 Å². The molecule has 0 aliphatic rings. The lowest BCUT2D eigenvalue weighted by molar-refractivity contribution is -0.137. The van der Waals surface area contributed by atoms with Crippen LogP contribution in [0.1, 0.15) is 30.7 Å². The Hall–Kier alpha value is -2.28. The van der Waals surface area contributed by atoms with Gasteiger partial charge in [0.25, 0.3) is 0 Å². The zero-order valence-corrected chi connectivity index (χ0v) is 16.8. The lowest BCUT2D eigenvalue weighted by atomic mass is 9.98. The van der Waals surface area contributed by atoms with Crippen LogP contribution in [-0.4, -0.2) is 40.2 Å². The average Bonchev–Trinajstić information content (AvgIpc) is 2.89. The molecule has 28 heavy (non-hydrogen) atoms. The van der Waals surface area contributed by atoms with Crippen molar-refractivity contribution in [2.75, 3.05) is 14.1 Å². The fourth-order valence-electron chi connectivity index (χ4n) is 2.43. The molecular formula is C17H16Cl2F3N5O. The molecule has 6 nitrogen and oxygen atoms in total. The van der Waals surface area contributed by atoms with Gasteiger partial charge >= 0.3 is 6.18 Å². The monoisotopic (exact) mass is 433 g/mol. The van der Waals surface area contributed by atoms with E-state index in [1.807, 2.05) is 6.07 Å². The Morgan fingerprint density at radius 2 is 1.79 bits per heavy atom. The van der Waals surface area contributed by atoms with Gasteiger partial charge in [0.15, 0.2) is 11.5 Å². The molecule has 0 atom stereocenters. The smallest absolute Gasteiger partial charge is 0.385 e. The van der Waals surface area contributed by atoms with Crippen molar-refractivity contribution in [3.63, 3.8) is 0 Å². The number of halogens is 5. The van der Waals surface area contributed by atoms with E-state index >= 15 is 0 Å². The summed E-state index contributed by atoms with van der Waals surface area (Å²) in [5, 5.41) is 23.3. The normalized spacial score (nSPS) is 12.5. The van der Waals surface area contributed by atoms with E-state index in [1.165, 1.54) is 20.2 Å². The van der Waals surface area contributed by atoms with Crippen molar-refractivity contribution in [2.24, 2.45) is 4.99 Å². The summed E-state index contributed by atoms with van der Waals surface area (Å²) in [4.78, 5) is 5.81. The largest absolute Gasteiger partial charge is 0.416 e. The van der Waals surface area contributed by atoms with Gasteiger partial charge in [0.2, 0.25) is 0 Å². The fourth-order valence-corrected chi connectivity index (χ4v) is 3.07. The number of nitrogens with zero attached hydrogens (tertiary/aromatic N) is 5. The third-order valence-electron chi connectivity index (χ3n) is 3.55. The standard InChI is InChI=1S/C17H16Cl2F3N5O/c1-16(2,28)13-12(7-23)25-27(15(13)24-8-26(3)4)14-10(18)5-9(6-11(14)19)17(20,21)22/h5-6,8,28H,1-4H3. The molecule has 1 heterocycles. The number of aromatic nitrogens is 2. The first-order valence-electron chi connectivity index (χ1n) is 7.80. The van der Waals surface area contributed by atoms with Crippen LogP contribution in [0.5, 0.6) is 0 Å². The quantitative estimate of drug-likeness (QED) is 0.567. The van der Waals surface area contributed by atoms with Crippen molar-refractivity contribution in [1.82, 2.24) is 14.7 Å². The van der Waals surface area contributed by atoms with Gasteiger partial charge in [-0.05, 0) is 26.0 Å². The minimum atomic E-state index is -4.64. The first-order valence-corrected chi connectivity index (χ1v) is 8.56. The first-order chi connectivity index (χ1) is 12.8. The van der Waals surface area contributed by atoms with Crippen LogP contribution in [0.4, 0.5) is 19.0 Å². The van der Waals surface area contributed by atoms with Crippen LogP contribution in [0, 0.1) is 11.3 Å². The van der Waals surface area contributed by atoms with E-state index in [0.29, 0.717) is 12.1 Å². The van der Waals surface area contributed by atoms with Crippen LogP contribution >= 0.6 is 23.2 Å². The van der Waals surface area contributed by atoms with Crippen molar-refractivity contribution in [3.05, 3.63) is 39.0 Å². The fraction of sp³-hybridized carbons (Fsp3) is 0.353. The zero-order chi connectivity index (χ0) is 21.4. The second-order valence-electron chi connectivity index (χ2n) is 6.62. The van der Waals surface area contributed by atoms with Crippen molar-refractivity contribution in [3.8, 4) is 11.8 Å². The number of nitriles is 1. The highest BCUT2D eigenvalue weighted by molar-refractivity contribution is 6.38. The Balaban J connectivity index is 2.87. The van der Waals surface area contributed by atoms with Gasteiger partial charge in [0.05, 0.1) is 33.1 Å². The average molecular weight is 434 g/mol. The summed E-state index contributed by atoms with van der Waals surface area (Å²) < 4.78 is 40.1. The van der Waals surface area contributed by atoms with Crippen molar-refractivity contribution < 1.29 is 18.3 Å².